The van der Waals surface area contributed by atoms with Gasteiger partial charge in [0.15, 0.2) is 0 Å². The van der Waals surface area contributed by atoms with Gasteiger partial charge in [0.1, 0.15) is 42.3 Å². The molecule has 5 rings (SSSR count). The predicted octanol–water partition coefficient (Wildman–Crippen LogP) is 10.7. The largest absolute Gasteiger partial charge is 0.489 e. The summed E-state index contributed by atoms with van der Waals surface area (Å²) in [5.74, 6) is 2.53. The molecule has 0 spiro atoms. The number of hydrogen-bond donors (Lipinski definition) is 0. The van der Waals surface area contributed by atoms with Crippen LogP contribution in [0.2, 0.25) is 0 Å². The molecular formula is C41H48O5. The molecule has 1 aliphatic rings. The van der Waals surface area contributed by atoms with E-state index in [-0.39, 0.29) is 12.1 Å². The maximum Gasteiger partial charge on any atom is 0.311 e. The van der Waals surface area contributed by atoms with Crippen LogP contribution in [-0.2, 0) is 24.4 Å². The van der Waals surface area contributed by atoms with Crippen LogP contribution in [0, 0.1) is 0 Å². The van der Waals surface area contributed by atoms with Crippen molar-refractivity contribution in [3.8, 4) is 23.0 Å². The van der Waals surface area contributed by atoms with Crippen LogP contribution in [0.3, 0.4) is 0 Å². The molecule has 0 fully saturated rings. The van der Waals surface area contributed by atoms with Gasteiger partial charge < -0.3 is 18.9 Å². The summed E-state index contributed by atoms with van der Waals surface area (Å²) >= 11 is 0. The van der Waals surface area contributed by atoms with Crippen molar-refractivity contribution in [2.45, 2.75) is 103 Å². The van der Waals surface area contributed by atoms with E-state index >= 15 is 0 Å². The van der Waals surface area contributed by atoms with Gasteiger partial charge in [0.2, 0.25) is 0 Å². The minimum absolute atomic E-state index is 0.211. The van der Waals surface area contributed by atoms with Crippen molar-refractivity contribution in [3.05, 3.63) is 119 Å². The van der Waals surface area contributed by atoms with Gasteiger partial charge in [0.05, 0.1) is 0 Å². The van der Waals surface area contributed by atoms with E-state index in [4.69, 9.17) is 18.9 Å². The third-order valence-corrected chi connectivity index (χ3v) is 8.52. The van der Waals surface area contributed by atoms with E-state index in [1.54, 1.807) is 0 Å². The zero-order valence-corrected chi connectivity index (χ0v) is 27.3. The maximum atomic E-state index is 13.1. The summed E-state index contributed by atoms with van der Waals surface area (Å²) in [6, 6.07) is 32.0. The molecule has 4 aromatic carbocycles. The molecule has 0 saturated heterocycles. The fraction of sp³-hybridized carbons (Fsp3) is 0.390. The topological polar surface area (TPSA) is 54.0 Å². The molecule has 0 radical (unpaired) electrons. The van der Waals surface area contributed by atoms with Crippen LogP contribution < -0.4 is 18.9 Å². The van der Waals surface area contributed by atoms with E-state index < -0.39 is 0 Å². The number of fused-ring (bicyclic) bond motifs is 1. The second-order valence-electron chi connectivity index (χ2n) is 12.2. The Kier molecular flexibility index (Phi) is 13.0. The highest BCUT2D eigenvalue weighted by Crippen LogP contribution is 2.41. The third kappa shape index (κ3) is 10.4. The molecule has 46 heavy (non-hydrogen) atoms. The maximum absolute atomic E-state index is 13.1. The van der Waals surface area contributed by atoms with Gasteiger partial charge in [-0.1, -0.05) is 125 Å². The summed E-state index contributed by atoms with van der Waals surface area (Å²) in [4.78, 5) is 13.1. The number of carbonyl (C=O) groups excluding carboxylic acids is 1. The number of hydrogen-bond acceptors (Lipinski definition) is 5. The lowest BCUT2D eigenvalue weighted by Gasteiger charge is -2.28. The molecule has 1 aliphatic heterocycles. The molecule has 0 aromatic heterocycles. The molecule has 242 valence electrons. The smallest absolute Gasteiger partial charge is 0.311 e. The molecule has 0 N–H and O–H groups in total. The Balaban J connectivity index is 1.22. The highest BCUT2D eigenvalue weighted by Gasteiger charge is 2.26. The summed E-state index contributed by atoms with van der Waals surface area (Å²) in [5.41, 5.74) is 4.19. The lowest BCUT2D eigenvalue weighted by Crippen LogP contribution is -2.18. The number of carbonyl (C=O) groups is 1. The molecule has 1 atom stereocenters. The Labute approximate surface area is 274 Å². The molecule has 0 bridgehead atoms. The van der Waals surface area contributed by atoms with Crippen molar-refractivity contribution in [3.63, 3.8) is 0 Å². The molecular weight excluding hydrogens is 572 g/mol. The van der Waals surface area contributed by atoms with Crippen LogP contribution in [0.4, 0.5) is 0 Å². The molecule has 4 aromatic rings. The summed E-state index contributed by atoms with van der Waals surface area (Å²) in [5, 5.41) is 0. The Morgan fingerprint density at radius 2 is 1.28 bits per heavy atom. The first-order valence-corrected chi connectivity index (χ1v) is 17.2. The molecule has 5 nitrogen and oxygen atoms in total. The van der Waals surface area contributed by atoms with Crippen LogP contribution in [-0.4, -0.2) is 5.97 Å². The van der Waals surface area contributed by atoms with Crippen LogP contribution in [0.1, 0.15) is 106 Å². The lowest BCUT2D eigenvalue weighted by molar-refractivity contribution is -0.134. The zero-order chi connectivity index (χ0) is 31.8. The normalized spacial score (nSPS) is 13.8. The fourth-order valence-electron chi connectivity index (χ4n) is 5.85. The van der Waals surface area contributed by atoms with Crippen LogP contribution >= 0.6 is 0 Å². The predicted molar refractivity (Wildman–Crippen MR) is 184 cm³/mol. The van der Waals surface area contributed by atoms with Gasteiger partial charge in [-0.3, -0.25) is 4.79 Å². The lowest BCUT2D eigenvalue weighted by atomic mass is 9.96. The van der Waals surface area contributed by atoms with Crippen molar-refractivity contribution in [2.75, 3.05) is 0 Å². The minimum atomic E-state index is -0.254. The van der Waals surface area contributed by atoms with E-state index in [0.29, 0.717) is 31.1 Å². The van der Waals surface area contributed by atoms with Gasteiger partial charge in [-0.2, -0.15) is 0 Å². The average molecular weight is 621 g/mol. The number of unbranched alkanes of at least 4 members (excludes halogenated alkanes) is 8. The van der Waals surface area contributed by atoms with Crippen molar-refractivity contribution >= 4 is 5.97 Å². The van der Waals surface area contributed by atoms with Crippen LogP contribution in [0.5, 0.6) is 23.0 Å². The molecule has 5 heteroatoms. The van der Waals surface area contributed by atoms with Crippen molar-refractivity contribution in [1.29, 1.82) is 0 Å². The van der Waals surface area contributed by atoms with Crippen molar-refractivity contribution < 1.29 is 23.7 Å². The van der Waals surface area contributed by atoms with E-state index in [2.05, 4.69) is 25.1 Å². The monoisotopic (exact) mass is 620 g/mol. The van der Waals surface area contributed by atoms with E-state index in [1.165, 1.54) is 44.9 Å². The van der Waals surface area contributed by atoms with Crippen LogP contribution in [0.25, 0.3) is 0 Å². The van der Waals surface area contributed by atoms with E-state index in [0.717, 1.165) is 59.4 Å². The van der Waals surface area contributed by atoms with Gasteiger partial charge >= 0.3 is 5.97 Å². The second kappa shape index (κ2) is 18.0. The summed E-state index contributed by atoms with van der Waals surface area (Å²) in [6.45, 7) is 3.17. The Bertz CT molecular complexity index is 1480. The van der Waals surface area contributed by atoms with Gasteiger partial charge in [0.25, 0.3) is 0 Å². The fourth-order valence-corrected chi connectivity index (χ4v) is 5.85. The summed E-state index contributed by atoms with van der Waals surface area (Å²) < 4.78 is 24.8. The van der Waals surface area contributed by atoms with Gasteiger partial charge in [-0.05, 0) is 54.2 Å². The molecule has 0 saturated carbocycles. The number of esters is 1. The quantitative estimate of drug-likeness (QED) is 0.0629. The van der Waals surface area contributed by atoms with E-state index in [1.807, 2.05) is 78.9 Å². The number of ether oxygens (including phenoxy) is 4. The second-order valence-corrected chi connectivity index (χ2v) is 12.2. The summed E-state index contributed by atoms with van der Waals surface area (Å²) in [6.07, 6.45) is 12.6. The first-order chi connectivity index (χ1) is 22.7. The zero-order valence-electron chi connectivity index (χ0n) is 27.3. The highest BCUT2D eigenvalue weighted by molar-refractivity contribution is 5.73. The Hall–Kier alpha value is -4.25. The standard InChI is InChI=1S/C41H48O5/c1-2-3-4-5-6-7-8-9-16-21-41(42)46-40-29-36(44-31-33-19-14-11-15-20-33)25-26-37(40)38-27-23-34-22-24-35(28-39(34)45-38)43-30-32-17-12-10-13-18-32/h10-15,17-20,22,24-26,28-29,38H,2-9,16,21,23,27,30-31H2,1H3. The summed E-state index contributed by atoms with van der Waals surface area (Å²) in [7, 11) is 0. The third-order valence-electron chi connectivity index (χ3n) is 8.52. The molecule has 0 amide bonds. The number of rotatable bonds is 18. The van der Waals surface area contributed by atoms with Crippen LogP contribution in [0.15, 0.2) is 97.1 Å². The first kappa shape index (κ1) is 33.1. The molecule has 1 unspecified atom stereocenters. The van der Waals surface area contributed by atoms with Gasteiger partial charge in [-0.15, -0.1) is 0 Å². The number of benzene rings is 4. The SMILES string of the molecule is CCCCCCCCCCCC(=O)Oc1cc(OCc2ccccc2)ccc1C1CCc2ccc(OCc3ccccc3)cc2O1. The van der Waals surface area contributed by atoms with Gasteiger partial charge in [-0.25, -0.2) is 0 Å². The number of aryl methyl sites for hydroxylation is 1. The minimum Gasteiger partial charge on any atom is -0.489 e. The van der Waals surface area contributed by atoms with Crippen molar-refractivity contribution in [1.82, 2.24) is 0 Å². The Morgan fingerprint density at radius 1 is 0.696 bits per heavy atom. The molecule has 0 aliphatic carbocycles. The first-order valence-electron chi connectivity index (χ1n) is 17.2. The average Bonchev–Trinajstić information content (AvgIpc) is 3.10. The van der Waals surface area contributed by atoms with E-state index in [9.17, 15) is 4.79 Å². The Morgan fingerprint density at radius 3 is 1.93 bits per heavy atom. The van der Waals surface area contributed by atoms with Crippen molar-refractivity contribution in [2.24, 2.45) is 0 Å². The molecule has 1 heterocycles. The van der Waals surface area contributed by atoms with Gasteiger partial charge in [0, 0.05) is 24.1 Å². The highest BCUT2D eigenvalue weighted by atomic mass is 16.5.